The van der Waals surface area contributed by atoms with Crippen molar-refractivity contribution in [3.63, 3.8) is 0 Å². The van der Waals surface area contributed by atoms with Crippen LogP contribution in [0, 0.1) is 6.92 Å². The first-order valence-corrected chi connectivity index (χ1v) is 6.65. The number of aryl methyl sites for hydroxylation is 1. The van der Waals surface area contributed by atoms with Crippen LogP contribution in [0.15, 0.2) is 18.5 Å². The van der Waals surface area contributed by atoms with E-state index in [1.54, 1.807) is 6.20 Å². The number of piperidine rings is 1. The fourth-order valence-corrected chi connectivity index (χ4v) is 2.33. The number of rotatable bonds is 3. The molecule has 1 aliphatic rings. The summed E-state index contributed by atoms with van der Waals surface area (Å²) in [4.78, 5) is 8.87. The van der Waals surface area contributed by atoms with Gasteiger partial charge in [-0.15, -0.1) is 0 Å². The van der Waals surface area contributed by atoms with Crippen molar-refractivity contribution in [1.29, 1.82) is 0 Å². The molecule has 2 aromatic heterocycles. The lowest BCUT2D eigenvalue weighted by Crippen LogP contribution is -2.27. The Kier molecular flexibility index (Phi) is 3.41. The Morgan fingerprint density at radius 2 is 2.21 bits per heavy atom. The Bertz CT molecular complexity index is 544. The van der Waals surface area contributed by atoms with E-state index >= 15 is 0 Å². The monoisotopic (exact) mass is 258 g/mol. The van der Waals surface area contributed by atoms with Gasteiger partial charge in [-0.25, -0.2) is 4.98 Å². The zero-order valence-electron chi connectivity index (χ0n) is 11.0. The van der Waals surface area contributed by atoms with Gasteiger partial charge in [0.15, 0.2) is 5.82 Å². The molecule has 6 nitrogen and oxygen atoms in total. The molecular formula is C13H18N6. The molecule has 3 rings (SSSR count). The van der Waals surface area contributed by atoms with E-state index in [-0.39, 0.29) is 0 Å². The van der Waals surface area contributed by atoms with Gasteiger partial charge in [-0.05, 0) is 26.3 Å². The van der Waals surface area contributed by atoms with Crippen LogP contribution in [0.3, 0.4) is 0 Å². The molecule has 100 valence electrons. The highest BCUT2D eigenvalue weighted by molar-refractivity contribution is 5.50. The van der Waals surface area contributed by atoms with Crippen molar-refractivity contribution < 1.29 is 0 Å². The van der Waals surface area contributed by atoms with Gasteiger partial charge in [-0.1, -0.05) is 6.42 Å². The summed E-state index contributed by atoms with van der Waals surface area (Å²) in [5, 5.41) is 13.7. The van der Waals surface area contributed by atoms with E-state index in [4.69, 9.17) is 0 Å². The van der Waals surface area contributed by atoms with Crippen molar-refractivity contribution in [2.75, 3.05) is 11.9 Å². The molecule has 0 radical (unpaired) electrons. The summed E-state index contributed by atoms with van der Waals surface area (Å²) in [5.74, 6) is 1.50. The summed E-state index contributed by atoms with van der Waals surface area (Å²) < 4.78 is 0. The normalized spacial score (nSPS) is 19.3. The molecule has 0 saturated carbocycles. The minimum absolute atomic E-state index is 0.323. The topological polar surface area (TPSA) is 78.5 Å². The average Bonchev–Trinajstić information content (AvgIpc) is 2.85. The Labute approximate surface area is 112 Å². The van der Waals surface area contributed by atoms with Crippen LogP contribution in [0.4, 0.5) is 11.6 Å². The molecule has 19 heavy (non-hydrogen) atoms. The molecule has 1 atom stereocenters. The lowest BCUT2D eigenvalue weighted by Gasteiger charge is -2.22. The quantitative estimate of drug-likeness (QED) is 0.785. The van der Waals surface area contributed by atoms with Gasteiger partial charge < -0.3 is 10.6 Å². The van der Waals surface area contributed by atoms with E-state index in [1.807, 2.05) is 19.2 Å². The fourth-order valence-electron chi connectivity index (χ4n) is 2.33. The van der Waals surface area contributed by atoms with Gasteiger partial charge in [0.2, 0.25) is 0 Å². The number of aromatic nitrogens is 4. The van der Waals surface area contributed by atoms with E-state index in [1.165, 1.54) is 12.8 Å². The second-order valence-corrected chi connectivity index (χ2v) is 4.89. The smallest absolute Gasteiger partial charge is 0.153 e. The number of nitrogens with zero attached hydrogens (tertiary/aromatic N) is 3. The summed E-state index contributed by atoms with van der Waals surface area (Å²) in [6.45, 7) is 3.02. The highest BCUT2D eigenvalue weighted by Gasteiger charge is 2.16. The van der Waals surface area contributed by atoms with Crippen molar-refractivity contribution in [1.82, 2.24) is 25.5 Å². The zero-order valence-corrected chi connectivity index (χ0v) is 11.0. The van der Waals surface area contributed by atoms with Gasteiger partial charge in [0, 0.05) is 11.8 Å². The number of hydrogen-bond acceptors (Lipinski definition) is 5. The molecule has 1 aliphatic heterocycles. The van der Waals surface area contributed by atoms with E-state index in [0.29, 0.717) is 6.04 Å². The summed E-state index contributed by atoms with van der Waals surface area (Å²) in [5.41, 5.74) is 2.01. The van der Waals surface area contributed by atoms with Gasteiger partial charge >= 0.3 is 0 Å². The van der Waals surface area contributed by atoms with Gasteiger partial charge in [0.05, 0.1) is 24.1 Å². The Morgan fingerprint density at radius 1 is 1.26 bits per heavy atom. The Hall–Kier alpha value is -1.95. The molecule has 0 aromatic carbocycles. The molecule has 1 saturated heterocycles. The van der Waals surface area contributed by atoms with Crippen molar-refractivity contribution in [2.45, 2.75) is 32.2 Å². The highest BCUT2D eigenvalue weighted by atomic mass is 15.2. The van der Waals surface area contributed by atoms with Crippen LogP contribution in [0.25, 0.3) is 0 Å². The molecule has 6 heteroatoms. The Balaban J connectivity index is 1.75. The maximum atomic E-state index is 4.61. The first-order valence-electron chi connectivity index (χ1n) is 6.65. The summed E-state index contributed by atoms with van der Waals surface area (Å²) in [6.07, 6.45) is 7.17. The van der Waals surface area contributed by atoms with Crippen LogP contribution in [-0.4, -0.2) is 26.7 Å². The van der Waals surface area contributed by atoms with Crippen molar-refractivity contribution in [2.24, 2.45) is 0 Å². The van der Waals surface area contributed by atoms with Crippen molar-refractivity contribution in [3.8, 4) is 0 Å². The second kappa shape index (κ2) is 5.36. The van der Waals surface area contributed by atoms with Gasteiger partial charge in [0.1, 0.15) is 5.82 Å². The predicted molar refractivity (Wildman–Crippen MR) is 73.2 cm³/mol. The first kappa shape index (κ1) is 12.1. The number of aromatic amines is 1. The first-order chi connectivity index (χ1) is 9.31. The molecule has 0 bridgehead atoms. The Morgan fingerprint density at radius 3 is 2.95 bits per heavy atom. The lowest BCUT2D eigenvalue weighted by molar-refractivity contribution is 0.404. The molecule has 2 aromatic rings. The lowest BCUT2D eigenvalue weighted by atomic mass is 10.0. The highest BCUT2D eigenvalue weighted by Crippen LogP contribution is 2.22. The minimum atomic E-state index is 0.323. The summed E-state index contributed by atoms with van der Waals surface area (Å²) >= 11 is 0. The predicted octanol–water partition coefficient (Wildman–Crippen LogP) is 2.07. The number of H-pyrrole nitrogens is 1. The minimum Gasteiger partial charge on any atom is -0.322 e. The standard InChI is InChI=1S/C13H18N6/c1-9-6-12(19-18-9)17-13-8-14-7-11(16-13)10-4-2-3-5-15-10/h6-8,10,15H,2-5H2,1H3,(H2,16,17,18,19). The molecule has 3 N–H and O–H groups in total. The molecule has 0 amide bonds. The van der Waals surface area contributed by atoms with Crippen molar-refractivity contribution >= 4 is 11.6 Å². The summed E-state index contributed by atoms with van der Waals surface area (Å²) in [7, 11) is 0. The van der Waals surface area contributed by atoms with Gasteiger partial charge in [-0.3, -0.25) is 10.1 Å². The molecule has 3 heterocycles. The third-order valence-corrected chi connectivity index (χ3v) is 3.28. The third-order valence-electron chi connectivity index (χ3n) is 3.28. The fraction of sp³-hybridized carbons (Fsp3) is 0.462. The number of anilines is 2. The molecule has 0 aliphatic carbocycles. The molecule has 0 spiro atoms. The van der Waals surface area contributed by atoms with Crippen LogP contribution >= 0.6 is 0 Å². The van der Waals surface area contributed by atoms with Crippen LogP contribution in [0.5, 0.6) is 0 Å². The van der Waals surface area contributed by atoms with E-state index < -0.39 is 0 Å². The number of nitrogens with one attached hydrogen (secondary N) is 3. The third kappa shape index (κ3) is 2.90. The summed E-state index contributed by atoms with van der Waals surface area (Å²) in [6, 6.07) is 2.26. The molecule has 1 fully saturated rings. The van der Waals surface area contributed by atoms with E-state index in [9.17, 15) is 0 Å². The van der Waals surface area contributed by atoms with Crippen LogP contribution in [0.2, 0.25) is 0 Å². The maximum Gasteiger partial charge on any atom is 0.153 e. The van der Waals surface area contributed by atoms with E-state index in [0.717, 1.165) is 36.0 Å². The van der Waals surface area contributed by atoms with E-state index in [2.05, 4.69) is 30.8 Å². The van der Waals surface area contributed by atoms with Crippen LogP contribution < -0.4 is 10.6 Å². The van der Waals surface area contributed by atoms with Crippen LogP contribution in [0.1, 0.15) is 36.7 Å². The van der Waals surface area contributed by atoms with Gasteiger partial charge in [0.25, 0.3) is 0 Å². The average molecular weight is 258 g/mol. The second-order valence-electron chi connectivity index (χ2n) is 4.89. The molecular weight excluding hydrogens is 240 g/mol. The van der Waals surface area contributed by atoms with Gasteiger partial charge in [-0.2, -0.15) is 5.10 Å². The maximum absolute atomic E-state index is 4.61. The van der Waals surface area contributed by atoms with Crippen molar-refractivity contribution in [3.05, 3.63) is 29.8 Å². The largest absolute Gasteiger partial charge is 0.322 e. The molecule has 1 unspecified atom stereocenters. The van der Waals surface area contributed by atoms with Crippen LogP contribution in [-0.2, 0) is 0 Å². The number of hydrogen-bond donors (Lipinski definition) is 3. The SMILES string of the molecule is Cc1cc(Nc2cncc(C3CCCCN3)n2)n[nH]1. The zero-order chi connectivity index (χ0) is 13.1.